The number of rotatable bonds is 7. The van der Waals surface area contributed by atoms with Crippen LogP contribution in [0.25, 0.3) is 10.9 Å². The van der Waals surface area contributed by atoms with E-state index in [9.17, 15) is 18.0 Å². The Kier molecular flexibility index (Phi) is 6.71. The molecule has 0 bridgehead atoms. The van der Waals surface area contributed by atoms with Gasteiger partial charge in [0.05, 0.1) is 30.1 Å². The molecule has 0 aliphatic rings. The Hall–Kier alpha value is -2.84. The van der Waals surface area contributed by atoms with E-state index in [4.69, 9.17) is 16.3 Å². The molecule has 7 nitrogen and oxygen atoms in total. The lowest BCUT2D eigenvalue weighted by Crippen LogP contribution is -2.32. The topological polar surface area (TPSA) is 85.7 Å². The van der Waals surface area contributed by atoms with Crippen LogP contribution in [0, 0.1) is 6.92 Å². The molecule has 1 aromatic heterocycles. The molecular weight excluding hydrogens is 440 g/mol. The van der Waals surface area contributed by atoms with Crippen molar-refractivity contribution in [3.63, 3.8) is 0 Å². The van der Waals surface area contributed by atoms with Gasteiger partial charge in [0.2, 0.25) is 15.9 Å². The van der Waals surface area contributed by atoms with Crippen molar-refractivity contribution in [2.75, 3.05) is 24.2 Å². The third kappa shape index (κ3) is 4.75. The fourth-order valence-corrected chi connectivity index (χ4v) is 4.67. The lowest BCUT2D eigenvalue weighted by atomic mass is 10.2. The normalized spacial score (nSPS) is 11.5. The van der Waals surface area contributed by atoms with Crippen molar-refractivity contribution in [2.24, 2.45) is 0 Å². The highest BCUT2D eigenvalue weighted by Gasteiger charge is 2.22. The van der Waals surface area contributed by atoms with Crippen molar-refractivity contribution >= 4 is 50.1 Å². The fourth-order valence-electron chi connectivity index (χ4n) is 3.48. The van der Waals surface area contributed by atoms with E-state index in [-0.39, 0.29) is 25.3 Å². The number of sulfonamides is 1. The minimum Gasteiger partial charge on any atom is -0.465 e. The van der Waals surface area contributed by atoms with Gasteiger partial charge in [-0.1, -0.05) is 35.9 Å². The first-order valence-electron chi connectivity index (χ1n) is 9.59. The Bertz CT molecular complexity index is 1250. The molecule has 0 amide bonds. The van der Waals surface area contributed by atoms with E-state index in [0.29, 0.717) is 32.7 Å². The van der Waals surface area contributed by atoms with Crippen LogP contribution in [0.2, 0.25) is 5.02 Å². The quantitative estimate of drug-likeness (QED) is 0.489. The van der Waals surface area contributed by atoms with Gasteiger partial charge < -0.3 is 4.74 Å². The summed E-state index contributed by atoms with van der Waals surface area (Å²) in [7, 11) is -2.28. The van der Waals surface area contributed by atoms with Gasteiger partial charge in [0.25, 0.3) is 0 Å². The van der Waals surface area contributed by atoms with Crippen molar-refractivity contribution in [2.45, 2.75) is 19.8 Å². The van der Waals surface area contributed by atoms with Gasteiger partial charge in [-0.2, -0.15) is 0 Å². The largest absolute Gasteiger partial charge is 0.465 e. The molecule has 164 valence electrons. The molecule has 9 heteroatoms. The fraction of sp³-hybridized carbons (Fsp3) is 0.273. The maximum Gasteiger partial charge on any atom is 0.340 e. The van der Waals surface area contributed by atoms with Gasteiger partial charge in [0, 0.05) is 29.6 Å². The van der Waals surface area contributed by atoms with Gasteiger partial charge in [-0.15, -0.1) is 0 Å². The summed E-state index contributed by atoms with van der Waals surface area (Å²) in [6.07, 6.45) is 2.97. The second kappa shape index (κ2) is 9.11. The van der Waals surface area contributed by atoms with Crippen molar-refractivity contribution in [1.29, 1.82) is 0 Å². The highest BCUT2D eigenvalue weighted by atomic mass is 35.5. The van der Waals surface area contributed by atoms with Gasteiger partial charge in [-0.25, -0.2) is 13.2 Å². The number of aromatic nitrogens is 1. The standard InChI is InChI=1S/C22H23ClN2O5S/c1-15-18(23)9-6-11-19(15)25(31(3,28)29)13-7-12-21(26)24-14-17(22(27)30-2)16-8-4-5-10-20(16)24/h4-6,8-11,14H,7,12-13H2,1-3H3. The Morgan fingerprint density at radius 2 is 1.84 bits per heavy atom. The number of halogens is 1. The molecule has 0 saturated heterocycles. The molecule has 2 aromatic carbocycles. The molecule has 1 heterocycles. The van der Waals surface area contributed by atoms with Gasteiger partial charge in [-0.05, 0) is 37.1 Å². The number of carbonyl (C=O) groups excluding carboxylic acids is 2. The van der Waals surface area contributed by atoms with Crippen LogP contribution in [-0.2, 0) is 14.8 Å². The lowest BCUT2D eigenvalue weighted by Gasteiger charge is -2.24. The molecular formula is C22H23ClN2O5S. The summed E-state index contributed by atoms with van der Waals surface area (Å²) in [4.78, 5) is 25.0. The number of ether oxygens (including phenoxy) is 1. The van der Waals surface area contributed by atoms with Crippen molar-refractivity contribution in [3.05, 3.63) is 64.8 Å². The second-order valence-electron chi connectivity index (χ2n) is 7.14. The van der Waals surface area contributed by atoms with Crippen LogP contribution in [0.4, 0.5) is 5.69 Å². The van der Waals surface area contributed by atoms with Gasteiger partial charge >= 0.3 is 5.97 Å². The molecule has 0 N–H and O–H groups in total. The number of hydrogen-bond acceptors (Lipinski definition) is 5. The van der Waals surface area contributed by atoms with E-state index >= 15 is 0 Å². The molecule has 0 spiro atoms. The van der Waals surface area contributed by atoms with Crippen molar-refractivity contribution < 1.29 is 22.7 Å². The maximum absolute atomic E-state index is 12.9. The minimum absolute atomic E-state index is 0.0882. The zero-order chi connectivity index (χ0) is 22.8. The average Bonchev–Trinajstić information content (AvgIpc) is 3.12. The number of anilines is 1. The Morgan fingerprint density at radius 3 is 2.52 bits per heavy atom. The van der Waals surface area contributed by atoms with Gasteiger partial charge in [0.15, 0.2) is 0 Å². The minimum atomic E-state index is -3.57. The molecule has 0 fully saturated rings. The predicted molar refractivity (Wildman–Crippen MR) is 122 cm³/mol. The summed E-state index contributed by atoms with van der Waals surface area (Å²) in [5, 5.41) is 1.09. The van der Waals surface area contributed by atoms with E-state index < -0.39 is 16.0 Å². The average molecular weight is 463 g/mol. The van der Waals surface area contributed by atoms with Crippen LogP contribution in [0.1, 0.15) is 33.6 Å². The van der Waals surface area contributed by atoms with Crippen LogP contribution in [0.15, 0.2) is 48.7 Å². The highest BCUT2D eigenvalue weighted by molar-refractivity contribution is 7.92. The molecule has 0 radical (unpaired) electrons. The van der Waals surface area contributed by atoms with E-state index in [1.54, 1.807) is 49.4 Å². The molecule has 3 rings (SSSR count). The van der Waals surface area contributed by atoms with Crippen LogP contribution in [0.5, 0.6) is 0 Å². The van der Waals surface area contributed by atoms with Gasteiger partial charge in [-0.3, -0.25) is 13.7 Å². The Labute approximate surface area is 186 Å². The van der Waals surface area contributed by atoms with Crippen LogP contribution >= 0.6 is 11.6 Å². The summed E-state index contributed by atoms with van der Waals surface area (Å²) in [5.74, 6) is -0.773. The number of hydrogen-bond donors (Lipinski definition) is 0. The SMILES string of the molecule is COC(=O)c1cn(C(=O)CCCN(c2cccc(Cl)c2C)S(C)(=O)=O)c2ccccc12. The van der Waals surface area contributed by atoms with E-state index in [1.807, 2.05) is 0 Å². The molecule has 3 aromatic rings. The predicted octanol–water partition coefficient (Wildman–Crippen LogP) is 4.28. The molecule has 0 atom stereocenters. The summed E-state index contributed by atoms with van der Waals surface area (Å²) in [6, 6.07) is 12.1. The van der Waals surface area contributed by atoms with Crippen molar-refractivity contribution in [3.8, 4) is 0 Å². The number of fused-ring (bicyclic) bond motifs is 1. The first kappa shape index (κ1) is 22.8. The monoisotopic (exact) mass is 462 g/mol. The second-order valence-corrected chi connectivity index (χ2v) is 9.45. The first-order valence-corrected chi connectivity index (χ1v) is 11.8. The molecule has 0 aliphatic carbocycles. The Morgan fingerprint density at radius 1 is 1.13 bits per heavy atom. The number of nitrogens with zero attached hydrogens (tertiary/aromatic N) is 2. The van der Waals surface area contributed by atoms with Crippen LogP contribution in [0.3, 0.4) is 0 Å². The third-order valence-corrected chi connectivity index (χ3v) is 6.64. The molecule has 0 unspecified atom stereocenters. The number of para-hydroxylation sites is 1. The third-order valence-electron chi connectivity index (χ3n) is 5.05. The molecule has 0 aliphatic heterocycles. The van der Waals surface area contributed by atoms with E-state index in [0.717, 1.165) is 6.26 Å². The van der Waals surface area contributed by atoms with Crippen molar-refractivity contribution in [1.82, 2.24) is 4.57 Å². The summed E-state index contributed by atoms with van der Waals surface area (Å²) < 4.78 is 32.2. The maximum atomic E-state index is 12.9. The molecule has 31 heavy (non-hydrogen) atoms. The Balaban J connectivity index is 1.82. The zero-order valence-corrected chi connectivity index (χ0v) is 19.0. The van der Waals surface area contributed by atoms with Gasteiger partial charge in [0.1, 0.15) is 0 Å². The number of benzene rings is 2. The summed E-state index contributed by atoms with van der Waals surface area (Å²) in [6.45, 7) is 1.87. The summed E-state index contributed by atoms with van der Waals surface area (Å²) >= 11 is 6.15. The van der Waals surface area contributed by atoms with Crippen LogP contribution < -0.4 is 4.31 Å². The smallest absolute Gasteiger partial charge is 0.340 e. The van der Waals surface area contributed by atoms with E-state index in [1.165, 1.54) is 22.2 Å². The first-order chi connectivity index (χ1) is 14.6. The number of esters is 1. The lowest BCUT2D eigenvalue weighted by molar-refractivity contribution is 0.0603. The molecule has 0 saturated carbocycles. The van der Waals surface area contributed by atoms with E-state index in [2.05, 4.69) is 0 Å². The van der Waals surface area contributed by atoms with Crippen LogP contribution in [-0.4, -0.2) is 44.8 Å². The summed E-state index contributed by atoms with van der Waals surface area (Å²) in [5.41, 5.74) is 2.04. The highest BCUT2D eigenvalue weighted by Crippen LogP contribution is 2.29. The zero-order valence-electron chi connectivity index (χ0n) is 17.5. The number of carbonyl (C=O) groups is 2. The number of methoxy groups -OCH3 is 1.